The fourth-order valence-corrected chi connectivity index (χ4v) is 6.20. The molecule has 1 fully saturated rings. The predicted octanol–water partition coefficient (Wildman–Crippen LogP) is 6.45. The number of benzene rings is 1. The monoisotopic (exact) mass is 464 g/mol. The van der Waals surface area contributed by atoms with Crippen molar-refractivity contribution in [2.75, 3.05) is 6.54 Å². The van der Waals surface area contributed by atoms with Gasteiger partial charge in [0.05, 0.1) is 10.9 Å². The highest BCUT2D eigenvalue weighted by molar-refractivity contribution is 7.16. The lowest BCUT2D eigenvalue weighted by atomic mass is 9.84. The Morgan fingerprint density at radius 1 is 1.16 bits per heavy atom. The molecule has 6 heteroatoms. The molecule has 164 valence electrons. The molecule has 1 atom stereocenters. The molecule has 1 aromatic carbocycles. The summed E-state index contributed by atoms with van der Waals surface area (Å²) < 4.78 is 7.09. The first-order valence-electron chi connectivity index (χ1n) is 11.0. The third-order valence-corrected chi connectivity index (χ3v) is 7.65. The number of pyridine rings is 1. The molecule has 0 spiro atoms. The van der Waals surface area contributed by atoms with Crippen LogP contribution in [0.5, 0.6) is 5.88 Å². The smallest absolute Gasteiger partial charge is 0.246 e. The summed E-state index contributed by atoms with van der Waals surface area (Å²) in [5.74, 6) is 0.640. The summed E-state index contributed by atoms with van der Waals surface area (Å²) in [5.41, 5.74) is 4.42. The molecule has 5 rings (SSSR count). The van der Waals surface area contributed by atoms with E-state index < -0.39 is 0 Å². The summed E-state index contributed by atoms with van der Waals surface area (Å²) in [6, 6.07) is 14.4. The van der Waals surface area contributed by atoms with Gasteiger partial charge in [-0.25, -0.2) is 4.98 Å². The van der Waals surface area contributed by atoms with Crippen LogP contribution < -0.4 is 4.74 Å². The van der Waals surface area contributed by atoms with E-state index in [0.717, 1.165) is 38.7 Å². The van der Waals surface area contributed by atoms with Crippen LogP contribution in [-0.4, -0.2) is 28.4 Å². The molecule has 4 nitrogen and oxygen atoms in total. The summed E-state index contributed by atoms with van der Waals surface area (Å²) in [4.78, 5) is 20.1. The van der Waals surface area contributed by atoms with Gasteiger partial charge in [-0.1, -0.05) is 42.4 Å². The number of carbonyl (C=O) groups excluding carboxylic acids is 1. The van der Waals surface area contributed by atoms with Gasteiger partial charge in [-0.3, -0.25) is 4.79 Å². The number of aromatic nitrogens is 1. The van der Waals surface area contributed by atoms with Crippen molar-refractivity contribution in [1.82, 2.24) is 9.88 Å². The van der Waals surface area contributed by atoms with Gasteiger partial charge in [-0.05, 0) is 66.6 Å². The Labute approximate surface area is 197 Å². The van der Waals surface area contributed by atoms with Crippen LogP contribution >= 0.6 is 22.9 Å². The number of thiophene rings is 1. The first-order chi connectivity index (χ1) is 15.6. The van der Waals surface area contributed by atoms with Gasteiger partial charge >= 0.3 is 0 Å². The topological polar surface area (TPSA) is 42.4 Å². The Bertz CT molecular complexity index is 1150. The summed E-state index contributed by atoms with van der Waals surface area (Å²) in [7, 11) is 0. The number of hydrogen-bond acceptors (Lipinski definition) is 4. The van der Waals surface area contributed by atoms with Crippen LogP contribution in [0.1, 0.15) is 47.6 Å². The molecule has 3 heterocycles. The van der Waals surface area contributed by atoms with E-state index in [1.807, 2.05) is 17.0 Å². The van der Waals surface area contributed by atoms with Crippen LogP contribution in [0, 0.1) is 0 Å². The average Bonchev–Trinajstić information content (AvgIpc) is 3.47. The van der Waals surface area contributed by atoms with Gasteiger partial charge in [0, 0.05) is 29.1 Å². The van der Waals surface area contributed by atoms with Crippen LogP contribution in [0.25, 0.3) is 11.1 Å². The molecule has 1 aliphatic carbocycles. The van der Waals surface area contributed by atoms with E-state index in [4.69, 9.17) is 16.3 Å². The van der Waals surface area contributed by atoms with Gasteiger partial charge in [0.15, 0.2) is 0 Å². The molecule has 0 N–H and O–H groups in total. The molecule has 0 radical (unpaired) electrons. The summed E-state index contributed by atoms with van der Waals surface area (Å²) in [6.45, 7) is 4.83. The maximum atomic E-state index is 12.5. The van der Waals surface area contributed by atoms with E-state index in [9.17, 15) is 4.79 Å². The Hall–Kier alpha value is -2.63. The van der Waals surface area contributed by atoms with E-state index in [0.29, 0.717) is 19.0 Å². The molecule has 2 aromatic heterocycles. The van der Waals surface area contributed by atoms with Crippen molar-refractivity contribution in [3.05, 3.63) is 81.7 Å². The van der Waals surface area contributed by atoms with E-state index >= 15 is 0 Å². The second-order valence-electron chi connectivity index (χ2n) is 8.37. The number of fused-ring (bicyclic) bond motifs is 1. The summed E-state index contributed by atoms with van der Waals surface area (Å²) in [6.07, 6.45) is 7.98. The fourth-order valence-electron chi connectivity index (χ4n) is 4.85. The third kappa shape index (κ3) is 4.07. The fraction of sp³-hybridized carbons (Fsp3) is 0.308. The van der Waals surface area contributed by atoms with Gasteiger partial charge in [0.25, 0.3) is 0 Å². The van der Waals surface area contributed by atoms with Gasteiger partial charge in [-0.15, -0.1) is 11.3 Å². The van der Waals surface area contributed by atoms with Gasteiger partial charge in [0.2, 0.25) is 11.8 Å². The van der Waals surface area contributed by atoms with Gasteiger partial charge in [0.1, 0.15) is 6.10 Å². The highest BCUT2D eigenvalue weighted by Crippen LogP contribution is 2.44. The van der Waals surface area contributed by atoms with E-state index in [-0.39, 0.29) is 17.9 Å². The lowest BCUT2D eigenvalue weighted by Gasteiger charge is -2.33. The van der Waals surface area contributed by atoms with E-state index in [1.54, 1.807) is 17.5 Å². The zero-order valence-corrected chi connectivity index (χ0v) is 19.4. The van der Waals surface area contributed by atoms with Crippen molar-refractivity contribution in [1.29, 1.82) is 0 Å². The van der Waals surface area contributed by atoms with Crippen molar-refractivity contribution >= 4 is 28.8 Å². The minimum Gasteiger partial charge on any atom is -0.474 e. The van der Waals surface area contributed by atoms with Crippen molar-refractivity contribution in [3.8, 4) is 17.0 Å². The largest absolute Gasteiger partial charge is 0.474 e. The van der Waals surface area contributed by atoms with E-state index in [1.165, 1.54) is 24.5 Å². The van der Waals surface area contributed by atoms with Gasteiger partial charge < -0.3 is 9.64 Å². The molecule has 3 aromatic rings. The number of halogens is 1. The van der Waals surface area contributed by atoms with Crippen LogP contribution in [-0.2, 0) is 11.3 Å². The highest BCUT2D eigenvalue weighted by Gasteiger charge is 2.32. The van der Waals surface area contributed by atoms with Crippen LogP contribution in [0.2, 0.25) is 4.34 Å². The zero-order valence-electron chi connectivity index (χ0n) is 17.8. The molecule has 0 unspecified atom stereocenters. The molecule has 32 heavy (non-hydrogen) atoms. The molecule has 0 saturated heterocycles. The number of nitrogens with zero attached hydrogens (tertiary/aromatic N) is 2. The molecule has 1 amide bonds. The maximum absolute atomic E-state index is 12.5. The van der Waals surface area contributed by atoms with E-state index in [2.05, 4.69) is 41.9 Å². The molecule has 0 bridgehead atoms. The van der Waals surface area contributed by atoms with Crippen molar-refractivity contribution in [2.45, 2.75) is 44.2 Å². The third-order valence-electron chi connectivity index (χ3n) is 6.39. The lowest BCUT2D eigenvalue weighted by Crippen LogP contribution is -2.37. The predicted molar refractivity (Wildman–Crippen MR) is 129 cm³/mol. The van der Waals surface area contributed by atoms with Crippen LogP contribution in [0.4, 0.5) is 0 Å². The molecular formula is C26H25ClN2O2S. The van der Waals surface area contributed by atoms with Crippen molar-refractivity contribution < 1.29 is 9.53 Å². The van der Waals surface area contributed by atoms with Crippen molar-refractivity contribution in [2.24, 2.45) is 0 Å². The van der Waals surface area contributed by atoms with Crippen molar-refractivity contribution in [3.63, 3.8) is 0 Å². The maximum Gasteiger partial charge on any atom is 0.246 e. The normalized spacial score (nSPS) is 18.4. The molecule has 1 saturated carbocycles. The molecule has 1 aliphatic heterocycles. The number of carbonyl (C=O) groups is 1. The quantitative estimate of drug-likeness (QED) is 0.408. The standard InChI is InChI=1S/C26H25ClN2O2S/c1-2-25(30)29-15-22(21-14-24(27)32-23(21)16-29)19-11-6-5-10-18(19)20-12-7-13-28-26(20)31-17-8-3-4-9-17/h2,5-7,10-14,17,22H,1,3-4,8-9,15-16H2/t22-/m1/s1. The molecule has 2 aliphatic rings. The zero-order chi connectivity index (χ0) is 22.1. The number of rotatable bonds is 5. The minimum absolute atomic E-state index is 0.0159. The average molecular weight is 465 g/mol. The molecular weight excluding hydrogens is 440 g/mol. The van der Waals surface area contributed by atoms with Crippen LogP contribution in [0.3, 0.4) is 0 Å². The second-order valence-corrected chi connectivity index (χ2v) is 10.1. The SMILES string of the molecule is C=CC(=O)N1Cc2sc(Cl)cc2[C@@H](c2ccccc2-c2cccnc2OC2CCCC2)C1. The first kappa shape index (κ1) is 21.2. The van der Waals surface area contributed by atoms with Crippen LogP contribution in [0.15, 0.2) is 61.3 Å². The Morgan fingerprint density at radius 3 is 2.75 bits per heavy atom. The number of amides is 1. The Balaban J connectivity index is 1.58. The number of ether oxygens (including phenoxy) is 1. The highest BCUT2D eigenvalue weighted by atomic mass is 35.5. The second kappa shape index (κ2) is 9.08. The summed E-state index contributed by atoms with van der Waals surface area (Å²) in [5, 5.41) is 0. The Morgan fingerprint density at radius 2 is 1.94 bits per heavy atom. The minimum atomic E-state index is -0.0608. The Kier molecular flexibility index (Phi) is 6.03. The number of hydrogen-bond donors (Lipinski definition) is 0. The first-order valence-corrected chi connectivity index (χ1v) is 12.2. The summed E-state index contributed by atoms with van der Waals surface area (Å²) >= 11 is 7.95. The lowest BCUT2D eigenvalue weighted by molar-refractivity contribution is -0.127. The van der Waals surface area contributed by atoms with Gasteiger partial charge in [-0.2, -0.15) is 0 Å².